The van der Waals surface area contributed by atoms with E-state index in [0.717, 1.165) is 33.7 Å². The highest BCUT2D eigenvalue weighted by Gasteiger charge is 2.42. The van der Waals surface area contributed by atoms with Crippen LogP contribution in [-0.2, 0) is 22.0 Å². The van der Waals surface area contributed by atoms with E-state index in [-0.39, 0.29) is 17.5 Å². The Morgan fingerprint density at radius 1 is 1.17 bits per heavy atom. The first-order chi connectivity index (χ1) is 14.1. The molecule has 30 heavy (non-hydrogen) atoms. The van der Waals surface area contributed by atoms with Gasteiger partial charge in [-0.25, -0.2) is 4.98 Å². The quantitative estimate of drug-likeness (QED) is 0.665. The van der Waals surface area contributed by atoms with Crippen LogP contribution in [0.25, 0.3) is 22.4 Å². The second kappa shape index (κ2) is 6.80. The number of imidazole rings is 1. The summed E-state index contributed by atoms with van der Waals surface area (Å²) in [4.78, 5) is 31.6. The van der Waals surface area contributed by atoms with E-state index < -0.39 is 5.41 Å². The maximum atomic E-state index is 12.7. The van der Waals surface area contributed by atoms with Crippen molar-refractivity contribution in [2.45, 2.75) is 39.2 Å². The fraction of sp³-hybridized carbons (Fsp3) is 0.435. The SMILES string of the molecule is COCC(C)n1c(-c2cc(C)c(=O)n(C)c2)nc2cc3c(cc21)N(C)C(=O)C3(C)C. The van der Waals surface area contributed by atoms with E-state index in [9.17, 15) is 9.59 Å². The largest absolute Gasteiger partial charge is 0.383 e. The zero-order chi connectivity index (χ0) is 22.0. The molecule has 0 fully saturated rings. The molecule has 0 saturated carbocycles. The second-order valence-corrected chi connectivity index (χ2v) is 8.78. The Hall–Kier alpha value is -2.93. The number of amides is 1. The minimum atomic E-state index is -0.590. The Balaban J connectivity index is 2.04. The summed E-state index contributed by atoms with van der Waals surface area (Å²) < 4.78 is 9.16. The van der Waals surface area contributed by atoms with Crippen LogP contribution in [0.15, 0.2) is 29.2 Å². The molecule has 0 saturated heterocycles. The van der Waals surface area contributed by atoms with Crippen LogP contribution in [0.2, 0.25) is 0 Å². The van der Waals surface area contributed by atoms with Gasteiger partial charge in [-0.15, -0.1) is 0 Å². The monoisotopic (exact) mass is 408 g/mol. The summed E-state index contributed by atoms with van der Waals surface area (Å²) >= 11 is 0. The number of carbonyl (C=O) groups excluding carboxylic acids is 1. The molecule has 1 unspecified atom stereocenters. The van der Waals surface area contributed by atoms with Crippen molar-refractivity contribution >= 4 is 22.6 Å². The number of anilines is 1. The molecule has 0 N–H and O–H groups in total. The summed E-state index contributed by atoms with van der Waals surface area (Å²) in [6.07, 6.45) is 1.82. The third-order valence-electron chi connectivity index (χ3n) is 6.15. The van der Waals surface area contributed by atoms with Crippen LogP contribution in [0.4, 0.5) is 5.69 Å². The number of hydrogen-bond donors (Lipinski definition) is 0. The van der Waals surface area contributed by atoms with Crippen LogP contribution in [0.1, 0.15) is 37.9 Å². The standard InChI is InChI=1S/C23H28N4O3/c1-13-8-15(11-25(5)21(13)28)20-24-17-9-16-18(26(6)22(29)23(16,3)4)10-19(17)27(20)14(2)12-30-7/h8-11,14H,12H2,1-7H3. The van der Waals surface area contributed by atoms with Gasteiger partial charge in [0.2, 0.25) is 5.91 Å². The maximum absolute atomic E-state index is 12.7. The molecule has 0 bridgehead atoms. The molecule has 1 aliphatic heterocycles. The van der Waals surface area contributed by atoms with Gasteiger partial charge in [0.05, 0.1) is 29.1 Å². The number of hydrogen-bond acceptors (Lipinski definition) is 4. The molecule has 1 atom stereocenters. The molecule has 3 aromatic rings. The topological polar surface area (TPSA) is 69.4 Å². The Kier molecular flexibility index (Phi) is 4.62. The van der Waals surface area contributed by atoms with E-state index in [0.29, 0.717) is 12.2 Å². The van der Waals surface area contributed by atoms with Crippen molar-refractivity contribution in [1.29, 1.82) is 0 Å². The molecule has 3 heterocycles. The number of benzene rings is 1. The molecular weight excluding hydrogens is 380 g/mol. The molecule has 1 aliphatic rings. The first-order valence-corrected chi connectivity index (χ1v) is 10.1. The van der Waals surface area contributed by atoms with Crippen LogP contribution >= 0.6 is 0 Å². The summed E-state index contributed by atoms with van der Waals surface area (Å²) in [6.45, 7) is 8.31. The van der Waals surface area contributed by atoms with Crippen LogP contribution in [0.5, 0.6) is 0 Å². The van der Waals surface area contributed by atoms with Crippen molar-refractivity contribution < 1.29 is 9.53 Å². The minimum absolute atomic E-state index is 0.0148. The number of ether oxygens (including phenoxy) is 1. The van der Waals surface area contributed by atoms with Gasteiger partial charge in [-0.05, 0) is 51.5 Å². The lowest BCUT2D eigenvalue weighted by Gasteiger charge is -2.18. The highest BCUT2D eigenvalue weighted by atomic mass is 16.5. The summed E-state index contributed by atoms with van der Waals surface area (Å²) in [5, 5.41) is 0. The third kappa shape index (κ3) is 2.80. The first kappa shape index (κ1) is 20.3. The third-order valence-corrected chi connectivity index (χ3v) is 6.15. The minimum Gasteiger partial charge on any atom is -0.383 e. The van der Waals surface area contributed by atoms with E-state index in [4.69, 9.17) is 9.72 Å². The fourth-order valence-electron chi connectivity index (χ4n) is 4.52. The number of rotatable bonds is 4. The number of likely N-dealkylation sites (N-methyl/N-ethyl adjacent to an activating group) is 1. The van der Waals surface area contributed by atoms with Gasteiger partial charge in [0.1, 0.15) is 5.82 Å². The predicted octanol–water partition coefficient (Wildman–Crippen LogP) is 3.17. The number of aromatic nitrogens is 3. The fourth-order valence-corrected chi connectivity index (χ4v) is 4.52. The van der Waals surface area contributed by atoms with Crippen molar-refractivity contribution in [1.82, 2.24) is 14.1 Å². The summed E-state index contributed by atoms with van der Waals surface area (Å²) in [7, 11) is 5.25. The van der Waals surface area contributed by atoms with E-state index in [1.807, 2.05) is 46.1 Å². The van der Waals surface area contributed by atoms with E-state index in [1.54, 1.807) is 23.6 Å². The van der Waals surface area contributed by atoms with E-state index >= 15 is 0 Å². The van der Waals surface area contributed by atoms with Crippen LogP contribution in [0.3, 0.4) is 0 Å². The normalized spacial score (nSPS) is 16.4. The summed E-state index contributed by atoms with van der Waals surface area (Å²) in [5.74, 6) is 0.860. The molecule has 158 valence electrons. The lowest BCUT2D eigenvalue weighted by Crippen LogP contribution is -2.33. The number of pyridine rings is 1. The van der Waals surface area contributed by atoms with Gasteiger partial charge in [0, 0.05) is 44.2 Å². The number of nitrogens with zero attached hydrogens (tertiary/aromatic N) is 4. The summed E-state index contributed by atoms with van der Waals surface area (Å²) in [5.41, 5.74) is 4.59. The van der Waals surface area contributed by atoms with Gasteiger partial charge in [-0.2, -0.15) is 0 Å². The van der Waals surface area contributed by atoms with Crippen molar-refractivity contribution in [2.75, 3.05) is 25.7 Å². The van der Waals surface area contributed by atoms with Crippen molar-refractivity contribution in [3.05, 3.63) is 45.9 Å². The zero-order valence-corrected chi connectivity index (χ0v) is 18.6. The van der Waals surface area contributed by atoms with Crippen LogP contribution in [-0.4, -0.2) is 40.8 Å². The molecule has 0 radical (unpaired) electrons. The highest BCUT2D eigenvalue weighted by Crippen LogP contribution is 2.43. The molecule has 7 heteroatoms. The smallest absolute Gasteiger partial charge is 0.253 e. The molecular formula is C23H28N4O3. The molecule has 1 amide bonds. The Bertz CT molecular complexity index is 1210. The van der Waals surface area contributed by atoms with Gasteiger partial charge >= 0.3 is 0 Å². The number of fused-ring (bicyclic) bond motifs is 2. The van der Waals surface area contributed by atoms with Gasteiger partial charge in [0.25, 0.3) is 5.56 Å². The van der Waals surface area contributed by atoms with Crippen molar-refractivity contribution in [3.63, 3.8) is 0 Å². The number of carbonyl (C=O) groups is 1. The number of aryl methyl sites for hydroxylation is 2. The van der Waals surface area contributed by atoms with E-state index in [1.165, 1.54) is 0 Å². The highest BCUT2D eigenvalue weighted by molar-refractivity contribution is 6.09. The average Bonchev–Trinajstić information content (AvgIpc) is 3.14. The lowest BCUT2D eigenvalue weighted by atomic mass is 9.86. The molecule has 1 aromatic carbocycles. The molecule has 2 aromatic heterocycles. The van der Waals surface area contributed by atoms with Crippen molar-refractivity contribution in [3.8, 4) is 11.4 Å². The zero-order valence-electron chi connectivity index (χ0n) is 18.6. The average molecular weight is 409 g/mol. The van der Waals surface area contributed by atoms with Crippen LogP contribution < -0.4 is 10.5 Å². The van der Waals surface area contributed by atoms with Gasteiger partial charge < -0.3 is 18.8 Å². The lowest BCUT2D eigenvalue weighted by molar-refractivity contribution is -0.121. The number of methoxy groups -OCH3 is 1. The van der Waals surface area contributed by atoms with Gasteiger partial charge in [0.15, 0.2) is 0 Å². The Morgan fingerprint density at radius 3 is 2.50 bits per heavy atom. The second-order valence-electron chi connectivity index (χ2n) is 8.78. The molecule has 0 aliphatic carbocycles. The molecule has 7 nitrogen and oxygen atoms in total. The van der Waals surface area contributed by atoms with Crippen LogP contribution in [0, 0.1) is 6.92 Å². The van der Waals surface area contributed by atoms with Crippen molar-refractivity contribution in [2.24, 2.45) is 7.05 Å². The first-order valence-electron chi connectivity index (χ1n) is 10.1. The Morgan fingerprint density at radius 2 is 1.87 bits per heavy atom. The molecule has 0 spiro atoms. The van der Waals surface area contributed by atoms with Gasteiger partial charge in [-0.3, -0.25) is 9.59 Å². The predicted molar refractivity (Wildman–Crippen MR) is 118 cm³/mol. The molecule has 4 rings (SSSR count). The Labute approximate surface area is 175 Å². The summed E-state index contributed by atoms with van der Waals surface area (Å²) in [6, 6.07) is 5.98. The maximum Gasteiger partial charge on any atom is 0.253 e. The van der Waals surface area contributed by atoms with E-state index in [2.05, 4.69) is 17.6 Å². The van der Waals surface area contributed by atoms with Gasteiger partial charge in [-0.1, -0.05) is 0 Å².